The van der Waals surface area contributed by atoms with Gasteiger partial charge in [0.15, 0.2) is 5.82 Å². The summed E-state index contributed by atoms with van der Waals surface area (Å²) in [4.78, 5) is 13.0. The van der Waals surface area contributed by atoms with Gasteiger partial charge in [0.2, 0.25) is 0 Å². The average molecular weight is 420 g/mol. The van der Waals surface area contributed by atoms with Gasteiger partial charge in [-0.3, -0.25) is 5.10 Å². The van der Waals surface area contributed by atoms with Crippen LogP contribution < -0.4 is 4.90 Å². The Morgan fingerprint density at radius 1 is 1.16 bits per heavy atom. The van der Waals surface area contributed by atoms with E-state index in [1.165, 1.54) is 37.3 Å². The van der Waals surface area contributed by atoms with Crippen molar-refractivity contribution in [2.75, 3.05) is 37.7 Å². The smallest absolute Gasteiger partial charge is 0.159 e. The molecule has 2 saturated heterocycles. The van der Waals surface area contributed by atoms with Crippen LogP contribution in [0.2, 0.25) is 0 Å². The summed E-state index contributed by atoms with van der Waals surface area (Å²) in [5.41, 5.74) is 4.37. The fourth-order valence-electron chi connectivity index (χ4n) is 4.60. The fourth-order valence-corrected chi connectivity index (χ4v) is 4.60. The van der Waals surface area contributed by atoms with Gasteiger partial charge >= 0.3 is 0 Å². The number of aromatic amines is 2. The summed E-state index contributed by atoms with van der Waals surface area (Å²) in [6.07, 6.45) is 1.53. The number of hydrogen-bond donors (Lipinski definition) is 2. The molecule has 0 radical (unpaired) electrons. The van der Waals surface area contributed by atoms with Crippen molar-refractivity contribution in [3.63, 3.8) is 0 Å². The molecule has 2 fully saturated rings. The lowest BCUT2D eigenvalue weighted by Gasteiger charge is -2.42. The fraction of sp³-hybridized carbons (Fsp3) is 0.391. The van der Waals surface area contributed by atoms with Gasteiger partial charge < -0.3 is 19.5 Å². The van der Waals surface area contributed by atoms with Crippen LogP contribution in [0.1, 0.15) is 13.3 Å². The van der Waals surface area contributed by atoms with Crippen LogP contribution in [0.25, 0.3) is 33.5 Å². The number of aromatic nitrogens is 4. The van der Waals surface area contributed by atoms with E-state index in [-0.39, 0.29) is 11.9 Å². The molecule has 2 N–H and O–H groups in total. The number of rotatable bonds is 4. The molecule has 0 saturated carbocycles. The van der Waals surface area contributed by atoms with E-state index >= 15 is 0 Å². The molecule has 6 rings (SSSR count). The van der Waals surface area contributed by atoms with E-state index < -0.39 is 0 Å². The van der Waals surface area contributed by atoms with Gasteiger partial charge in [-0.1, -0.05) is 0 Å². The third-order valence-corrected chi connectivity index (χ3v) is 6.46. The first kappa shape index (κ1) is 18.8. The Morgan fingerprint density at radius 2 is 2.06 bits per heavy atom. The zero-order chi connectivity index (χ0) is 20.9. The molecule has 4 heterocycles. The number of hydrogen-bond acceptors (Lipinski definition) is 5. The number of H-pyrrole nitrogens is 2. The van der Waals surface area contributed by atoms with Gasteiger partial charge in [0.1, 0.15) is 11.5 Å². The number of likely N-dealkylation sites (tertiary alicyclic amines) is 1. The lowest BCUT2D eigenvalue weighted by Crippen LogP contribution is -2.53. The summed E-state index contributed by atoms with van der Waals surface area (Å²) in [6.45, 7) is 7.21. The number of anilines is 1. The number of halogens is 1. The maximum absolute atomic E-state index is 13.5. The molecule has 2 atom stereocenters. The molecule has 0 spiro atoms. The molecular weight excluding hydrogens is 395 g/mol. The number of ether oxygens (including phenoxy) is 1. The third-order valence-electron chi connectivity index (χ3n) is 6.46. The Balaban J connectivity index is 1.30. The van der Waals surface area contributed by atoms with Crippen LogP contribution in [-0.2, 0) is 4.74 Å². The molecule has 2 aromatic carbocycles. The molecule has 7 nitrogen and oxygen atoms in total. The van der Waals surface area contributed by atoms with Crippen LogP contribution in [-0.4, -0.2) is 70.0 Å². The Hall–Kier alpha value is -2.97. The van der Waals surface area contributed by atoms with Crippen molar-refractivity contribution in [2.45, 2.75) is 25.5 Å². The molecule has 31 heavy (non-hydrogen) atoms. The molecule has 2 aliphatic rings. The largest absolute Gasteiger partial charge is 0.373 e. The summed E-state index contributed by atoms with van der Waals surface area (Å²) in [5.74, 6) is 0.389. The van der Waals surface area contributed by atoms with Gasteiger partial charge in [0.05, 0.1) is 29.3 Å². The van der Waals surface area contributed by atoms with Gasteiger partial charge in [-0.05, 0) is 62.8 Å². The van der Waals surface area contributed by atoms with Crippen LogP contribution in [0.3, 0.4) is 0 Å². The topological polar surface area (TPSA) is 73.1 Å². The maximum Gasteiger partial charge on any atom is 0.159 e. The van der Waals surface area contributed by atoms with Crippen molar-refractivity contribution >= 4 is 27.6 Å². The van der Waals surface area contributed by atoms with Crippen molar-refractivity contribution < 1.29 is 9.13 Å². The second-order valence-electron chi connectivity index (χ2n) is 8.66. The lowest BCUT2D eigenvalue weighted by atomic mass is 10.1. The van der Waals surface area contributed by atoms with Crippen LogP contribution in [0.5, 0.6) is 0 Å². The van der Waals surface area contributed by atoms with Crippen molar-refractivity contribution in [3.8, 4) is 11.5 Å². The summed E-state index contributed by atoms with van der Waals surface area (Å²) in [6, 6.07) is 11.3. The van der Waals surface area contributed by atoms with Gasteiger partial charge in [-0.25, -0.2) is 9.37 Å². The first-order valence-electron chi connectivity index (χ1n) is 10.9. The van der Waals surface area contributed by atoms with E-state index in [9.17, 15) is 4.39 Å². The van der Waals surface area contributed by atoms with E-state index in [1.54, 1.807) is 6.07 Å². The Morgan fingerprint density at radius 3 is 2.90 bits per heavy atom. The minimum atomic E-state index is -0.288. The molecule has 0 bridgehead atoms. The molecule has 0 amide bonds. The molecular formula is C23H25FN6O. The predicted octanol–water partition coefficient (Wildman–Crippen LogP) is 3.54. The highest BCUT2D eigenvalue weighted by Crippen LogP contribution is 2.30. The number of benzene rings is 2. The lowest BCUT2D eigenvalue weighted by molar-refractivity contribution is -0.0101. The zero-order valence-electron chi connectivity index (χ0n) is 17.4. The molecule has 0 unspecified atom stereocenters. The van der Waals surface area contributed by atoms with Gasteiger partial charge in [0.25, 0.3) is 0 Å². The summed E-state index contributed by atoms with van der Waals surface area (Å²) < 4.78 is 19.6. The number of imidazole rings is 1. The van der Waals surface area contributed by atoms with E-state index in [2.05, 4.69) is 44.0 Å². The minimum absolute atomic E-state index is 0.236. The molecule has 2 aliphatic heterocycles. The molecule has 0 aliphatic carbocycles. The second-order valence-corrected chi connectivity index (χ2v) is 8.66. The molecule has 4 aromatic rings. The highest BCUT2D eigenvalue weighted by atomic mass is 19.1. The van der Waals surface area contributed by atoms with E-state index in [4.69, 9.17) is 9.72 Å². The quantitative estimate of drug-likeness (QED) is 0.528. The monoisotopic (exact) mass is 420 g/mol. The number of nitrogens with zero attached hydrogens (tertiary/aromatic N) is 4. The van der Waals surface area contributed by atoms with Crippen molar-refractivity contribution in [1.82, 2.24) is 25.1 Å². The Bertz CT molecular complexity index is 1250. The van der Waals surface area contributed by atoms with Crippen LogP contribution >= 0.6 is 0 Å². The highest BCUT2D eigenvalue weighted by Gasteiger charge is 2.29. The Kier molecular flexibility index (Phi) is 4.43. The Labute approximate surface area is 179 Å². The molecule has 8 heteroatoms. The molecule has 2 aromatic heterocycles. The maximum atomic E-state index is 13.5. The minimum Gasteiger partial charge on any atom is -0.373 e. The van der Waals surface area contributed by atoms with Crippen molar-refractivity contribution in [1.29, 1.82) is 0 Å². The average Bonchev–Trinajstić information content (AvgIpc) is 3.34. The highest BCUT2D eigenvalue weighted by molar-refractivity contribution is 5.93. The zero-order valence-corrected chi connectivity index (χ0v) is 17.4. The van der Waals surface area contributed by atoms with E-state index in [0.29, 0.717) is 23.1 Å². The normalized spacial score (nSPS) is 22.3. The first-order chi connectivity index (χ1) is 15.1. The van der Waals surface area contributed by atoms with Crippen molar-refractivity contribution in [3.05, 3.63) is 42.2 Å². The second kappa shape index (κ2) is 7.32. The number of nitrogens with one attached hydrogen (secondary N) is 2. The summed E-state index contributed by atoms with van der Waals surface area (Å²) >= 11 is 0. The first-order valence-corrected chi connectivity index (χ1v) is 10.9. The predicted molar refractivity (Wildman–Crippen MR) is 119 cm³/mol. The van der Waals surface area contributed by atoms with E-state index in [1.807, 2.05) is 6.07 Å². The van der Waals surface area contributed by atoms with Crippen LogP contribution in [0.15, 0.2) is 36.4 Å². The summed E-state index contributed by atoms with van der Waals surface area (Å²) in [5, 5.41) is 8.10. The number of morpholine rings is 1. The molecule has 160 valence electrons. The van der Waals surface area contributed by atoms with Crippen LogP contribution in [0, 0.1) is 5.82 Å². The SMILES string of the molecule is C[C@@H]1CO[C@@H](CN2CCC2)CN1c1ccc2nc(-c3n[nH]c4cc(F)ccc34)[nH]c2c1. The van der Waals surface area contributed by atoms with E-state index in [0.717, 1.165) is 36.1 Å². The van der Waals surface area contributed by atoms with Crippen molar-refractivity contribution in [2.24, 2.45) is 0 Å². The standard InChI is InChI=1S/C23H25FN6O/c1-14-13-31-17(11-29-7-2-8-29)12-30(14)16-4-6-19-21(10-16)26-23(25-19)22-18-5-3-15(24)9-20(18)27-28-22/h3-6,9-10,14,17H,2,7-8,11-13H2,1H3,(H,25,26)(H,27,28)/t14-,17+/m1/s1. The van der Waals surface area contributed by atoms with Gasteiger partial charge in [-0.15, -0.1) is 0 Å². The third kappa shape index (κ3) is 3.36. The van der Waals surface area contributed by atoms with Gasteiger partial charge in [0, 0.05) is 30.2 Å². The van der Waals surface area contributed by atoms with Gasteiger partial charge in [-0.2, -0.15) is 5.10 Å². The summed E-state index contributed by atoms with van der Waals surface area (Å²) in [7, 11) is 0. The number of fused-ring (bicyclic) bond motifs is 2. The van der Waals surface area contributed by atoms with Crippen LogP contribution in [0.4, 0.5) is 10.1 Å².